The molecular weight excluding hydrogens is 180 g/mol. The quantitative estimate of drug-likeness (QED) is 0.194. The predicted molar refractivity (Wildman–Crippen MR) is 58.1 cm³/mol. The van der Waals surface area contributed by atoms with Gasteiger partial charge in [-0.05, 0) is 12.8 Å². The van der Waals surface area contributed by atoms with Crippen LogP contribution in [0.15, 0.2) is 5.16 Å². The maximum Gasteiger partial charge on any atom is 0.144 e. The maximum atomic E-state index is 8.55. The van der Waals surface area contributed by atoms with Gasteiger partial charge in [-0.1, -0.05) is 19.0 Å². The highest BCUT2D eigenvalue weighted by molar-refractivity contribution is 5.85. The summed E-state index contributed by atoms with van der Waals surface area (Å²) in [5.74, 6) is 0.294. The molecule has 84 valence electrons. The molecular formula is C9H22N4O. The molecule has 0 aromatic heterocycles. The standard InChI is InChI=1S/C9H22N4O/c1-9(2,8(10)12-14)6-5-7-11-13(3)4/h11,14H,5-7H2,1-4H3,(H2,10,12). The summed E-state index contributed by atoms with van der Waals surface area (Å²) >= 11 is 0. The fraction of sp³-hybridized carbons (Fsp3) is 0.889. The van der Waals surface area contributed by atoms with Crippen LogP contribution in [-0.2, 0) is 0 Å². The molecule has 0 heterocycles. The van der Waals surface area contributed by atoms with E-state index >= 15 is 0 Å². The SMILES string of the molecule is CN(C)NCCCC(C)(C)C(N)=NO. The minimum Gasteiger partial charge on any atom is -0.409 e. The molecule has 5 heteroatoms. The number of hydrogen-bond donors (Lipinski definition) is 3. The molecule has 4 N–H and O–H groups in total. The summed E-state index contributed by atoms with van der Waals surface area (Å²) in [4.78, 5) is 0. The number of hydrogen-bond acceptors (Lipinski definition) is 4. The van der Waals surface area contributed by atoms with Gasteiger partial charge in [-0.3, -0.25) is 10.4 Å². The van der Waals surface area contributed by atoms with Crippen LogP contribution in [0, 0.1) is 5.41 Å². The Hall–Kier alpha value is -0.810. The van der Waals surface area contributed by atoms with Crippen molar-refractivity contribution < 1.29 is 5.21 Å². The van der Waals surface area contributed by atoms with Crippen LogP contribution in [0.25, 0.3) is 0 Å². The lowest BCUT2D eigenvalue weighted by molar-refractivity contribution is 0.275. The molecule has 14 heavy (non-hydrogen) atoms. The number of hydrazine groups is 1. The Morgan fingerprint density at radius 2 is 2.07 bits per heavy atom. The van der Waals surface area contributed by atoms with Crippen LogP contribution in [0.1, 0.15) is 26.7 Å². The number of amidine groups is 1. The molecule has 0 amide bonds. The van der Waals surface area contributed by atoms with Gasteiger partial charge in [0.25, 0.3) is 0 Å². The van der Waals surface area contributed by atoms with E-state index in [4.69, 9.17) is 10.9 Å². The van der Waals surface area contributed by atoms with E-state index in [1.807, 2.05) is 33.0 Å². The molecule has 0 aromatic carbocycles. The first-order chi connectivity index (χ1) is 6.40. The fourth-order valence-corrected chi connectivity index (χ4v) is 1.10. The highest BCUT2D eigenvalue weighted by Gasteiger charge is 2.22. The second-order valence-electron chi connectivity index (χ2n) is 4.28. The van der Waals surface area contributed by atoms with Crippen molar-refractivity contribution in [1.82, 2.24) is 10.4 Å². The second-order valence-corrected chi connectivity index (χ2v) is 4.28. The summed E-state index contributed by atoms with van der Waals surface area (Å²) < 4.78 is 0. The molecule has 0 saturated heterocycles. The normalized spacial score (nSPS) is 13.6. The van der Waals surface area contributed by atoms with Crippen LogP contribution >= 0.6 is 0 Å². The average molecular weight is 202 g/mol. The van der Waals surface area contributed by atoms with Crippen LogP contribution in [0.3, 0.4) is 0 Å². The Labute approximate surface area is 85.9 Å². The van der Waals surface area contributed by atoms with Crippen LogP contribution in [-0.4, -0.2) is 36.7 Å². The first-order valence-corrected chi connectivity index (χ1v) is 4.79. The summed E-state index contributed by atoms with van der Waals surface area (Å²) in [6, 6.07) is 0. The molecule has 0 saturated carbocycles. The third-order valence-corrected chi connectivity index (χ3v) is 2.21. The Kier molecular flexibility index (Phi) is 5.49. The Morgan fingerprint density at radius 3 is 2.50 bits per heavy atom. The van der Waals surface area contributed by atoms with Crippen molar-refractivity contribution in [3.05, 3.63) is 0 Å². The van der Waals surface area contributed by atoms with E-state index in [1.165, 1.54) is 0 Å². The molecule has 0 aliphatic carbocycles. The lowest BCUT2D eigenvalue weighted by atomic mass is 9.87. The molecule has 0 bridgehead atoms. The van der Waals surface area contributed by atoms with E-state index in [2.05, 4.69) is 10.6 Å². The van der Waals surface area contributed by atoms with Crippen molar-refractivity contribution in [1.29, 1.82) is 0 Å². The first-order valence-electron chi connectivity index (χ1n) is 4.79. The molecule has 0 spiro atoms. The van der Waals surface area contributed by atoms with Crippen LogP contribution in [0.5, 0.6) is 0 Å². The highest BCUT2D eigenvalue weighted by atomic mass is 16.4. The third-order valence-electron chi connectivity index (χ3n) is 2.21. The largest absolute Gasteiger partial charge is 0.409 e. The number of oxime groups is 1. The van der Waals surface area contributed by atoms with E-state index in [-0.39, 0.29) is 5.41 Å². The zero-order valence-corrected chi connectivity index (χ0v) is 9.54. The summed E-state index contributed by atoms with van der Waals surface area (Å²) in [5, 5.41) is 13.5. The van der Waals surface area contributed by atoms with Gasteiger partial charge in [0.2, 0.25) is 0 Å². The third kappa shape index (κ3) is 5.04. The molecule has 0 atom stereocenters. The number of nitrogens with zero attached hydrogens (tertiary/aromatic N) is 2. The highest BCUT2D eigenvalue weighted by Crippen LogP contribution is 2.21. The van der Waals surface area contributed by atoms with Crippen molar-refractivity contribution >= 4 is 5.84 Å². The van der Waals surface area contributed by atoms with Gasteiger partial charge in [0.05, 0.1) is 0 Å². The van der Waals surface area contributed by atoms with Crippen molar-refractivity contribution in [2.75, 3.05) is 20.6 Å². The maximum absolute atomic E-state index is 8.55. The van der Waals surface area contributed by atoms with Crippen molar-refractivity contribution in [2.24, 2.45) is 16.3 Å². The number of rotatable bonds is 6. The van der Waals surface area contributed by atoms with E-state index < -0.39 is 0 Å². The summed E-state index contributed by atoms with van der Waals surface area (Å²) in [6.45, 7) is 4.84. The van der Waals surface area contributed by atoms with E-state index in [9.17, 15) is 0 Å². The zero-order valence-electron chi connectivity index (χ0n) is 9.54. The van der Waals surface area contributed by atoms with Crippen LogP contribution in [0.4, 0.5) is 0 Å². The fourth-order valence-electron chi connectivity index (χ4n) is 1.10. The van der Waals surface area contributed by atoms with Gasteiger partial charge in [0, 0.05) is 26.1 Å². The van der Waals surface area contributed by atoms with E-state index in [0.29, 0.717) is 5.84 Å². The Bertz CT molecular complexity index is 189. The summed E-state index contributed by atoms with van der Waals surface area (Å²) in [6.07, 6.45) is 1.88. The van der Waals surface area contributed by atoms with Crippen molar-refractivity contribution in [2.45, 2.75) is 26.7 Å². The Balaban J connectivity index is 3.77. The molecule has 5 nitrogen and oxygen atoms in total. The van der Waals surface area contributed by atoms with Gasteiger partial charge < -0.3 is 10.9 Å². The summed E-state index contributed by atoms with van der Waals surface area (Å²) in [5.41, 5.74) is 8.49. The van der Waals surface area contributed by atoms with Crippen molar-refractivity contribution in [3.8, 4) is 0 Å². The average Bonchev–Trinajstić information content (AvgIpc) is 2.10. The molecule has 0 aliphatic rings. The molecule has 0 radical (unpaired) electrons. The topological polar surface area (TPSA) is 73.9 Å². The summed E-state index contributed by atoms with van der Waals surface area (Å²) in [7, 11) is 3.91. The van der Waals surface area contributed by atoms with Gasteiger partial charge in [-0.25, -0.2) is 0 Å². The minimum atomic E-state index is -0.233. The lowest BCUT2D eigenvalue weighted by Gasteiger charge is -2.23. The first kappa shape index (κ1) is 13.2. The Morgan fingerprint density at radius 1 is 1.50 bits per heavy atom. The molecule has 0 aromatic rings. The molecule has 0 aliphatic heterocycles. The molecule has 0 unspecified atom stereocenters. The lowest BCUT2D eigenvalue weighted by Crippen LogP contribution is -2.35. The van der Waals surface area contributed by atoms with Gasteiger partial charge in [0.1, 0.15) is 5.84 Å². The minimum absolute atomic E-state index is 0.233. The van der Waals surface area contributed by atoms with Gasteiger partial charge in [0.15, 0.2) is 0 Å². The number of nitrogens with two attached hydrogens (primary N) is 1. The van der Waals surface area contributed by atoms with Crippen LogP contribution in [0.2, 0.25) is 0 Å². The zero-order chi connectivity index (χ0) is 11.2. The number of nitrogens with one attached hydrogen (secondary N) is 1. The van der Waals surface area contributed by atoms with Gasteiger partial charge in [-0.2, -0.15) is 0 Å². The monoisotopic (exact) mass is 202 g/mol. The smallest absolute Gasteiger partial charge is 0.144 e. The van der Waals surface area contributed by atoms with Crippen molar-refractivity contribution in [3.63, 3.8) is 0 Å². The van der Waals surface area contributed by atoms with Crippen LogP contribution < -0.4 is 11.2 Å². The van der Waals surface area contributed by atoms with E-state index in [1.54, 1.807) is 0 Å². The van der Waals surface area contributed by atoms with Gasteiger partial charge in [-0.15, -0.1) is 0 Å². The van der Waals surface area contributed by atoms with E-state index in [0.717, 1.165) is 19.4 Å². The second kappa shape index (κ2) is 5.82. The molecule has 0 rings (SSSR count). The van der Waals surface area contributed by atoms with Gasteiger partial charge >= 0.3 is 0 Å². The molecule has 0 fully saturated rings. The predicted octanol–water partition coefficient (Wildman–Crippen LogP) is 0.605.